The van der Waals surface area contributed by atoms with Crippen LogP contribution in [0, 0.1) is 0 Å². The van der Waals surface area contributed by atoms with Crippen LogP contribution in [0.4, 0.5) is 0 Å². The van der Waals surface area contributed by atoms with Gasteiger partial charge in [-0.2, -0.15) is 0 Å². The maximum absolute atomic E-state index is 12.3. The number of hydrogen-bond donors (Lipinski definition) is 1. The first-order valence-electron chi connectivity index (χ1n) is 9.61. The third-order valence-electron chi connectivity index (χ3n) is 4.58. The molecular weight excluding hydrogens is 378 g/mol. The number of hydrogen-bond acceptors (Lipinski definition) is 5. The smallest absolute Gasteiger partial charge is 0.224 e. The Bertz CT molecular complexity index is 1060. The normalized spacial score (nSPS) is 10.5. The molecule has 30 heavy (non-hydrogen) atoms. The Morgan fingerprint density at radius 3 is 2.27 bits per heavy atom. The molecule has 1 aromatic heterocycles. The zero-order valence-corrected chi connectivity index (χ0v) is 16.3. The molecular formula is C23H21N5O2. The molecule has 0 spiro atoms. The van der Waals surface area contributed by atoms with Crippen LogP contribution < -0.4 is 10.1 Å². The lowest BCUT2D eigenvalue weighted by Crippen LogP contribution is -2.24. The van der Waals surface area contributed by atoms with Gasteiger partial charge in [-0.3, -0.25) is 4.79 Å². The molecule has 0 fully saturated rings. The Hall–Kier alpha value is -4.00. The monoisotopic (exact) mass is 399 g/mol. The van der Waals surface area contributed by atoms with Crippen molar-refractivity contribution >= 4 is 5.91 Å². The summed E-state index contributed by atoms with van der Waals surface area (Å²) < 4.78 is 7.31. The number of rotatable bonds is 8. The predicted molar refractivity (Wildman–Crippen MR) is 112 cm³/mol. The largest absolute Gasteiger partial charge is 0.489 e. The fraction of sp³-hybridized carbons (Fsp3) is 0.130. The standard InChI is InChI=1S/C23H21N5O2/c29-23(14-18-10-12-21(13-11-18)28-17-25-26-27-28)24-15-19-6-8-20(9-7-19)16-30-22-4-2-1-3-5-22/h1-13,17H,14-16H2,(H,24,29). The fourth-order valence-electron chi connectivity index (χ4n) is 2.93. The maximum atomic E-state index is 12.3. The van der Waals surface area contributed by atoms with Crippen LogP contribution in [-0.2, 0) is 24.4 Å². The summed E-state index contributed by atoms with van der Waals surface area (Å²) in [7, 11) is 0. The molecule has 1 N–H and O–H groups in total. The van der Waals surface area contributed by atoms with E-state index in [4.69, 9.17) is 4.74 Å². The number of nitrogens with one attached hydrogen (secondary N) is 1. The highest BCUT2D eigenvalue weighted by Crippen LogP contribution is 2.12. The van der Waals surface area contributed by atoms with Gasteiger partial charge >= 0.3 is 0 Å². The molecule has 4 rings (SSSR count). The molecule has 0 saturated heterocycles. The number of ether oxygens (including phenoxy) is 1. The second-order valence-electron chi connectivity index (χ2n) is 6.79. The van der Waals surface area contributed by atoms with Crippen LogP contribution >= 0.6 is 0 Å². The Kier molecular flexibility index (Phi) is 6.10. The van der Waals surface area contributed by atoms with Crippen LogP contribution in [0.15, 0.2) is 85.2 Å². The van der Waals surface area contributed by atoms with Crippen LogP contribution in [0.2, 0.25) is 0 Å². The molecule has 0 aliphatic rings. The van der Waals surface area contributed by atoms with Crippen molar-refractivity contribution in [3.63, 3.8) is 0 Å². The molecule has 7 heteroatoms. The number of aromatic nitrogens is 4. The fourth-order valence-corrected chi connectivity index (χ4v) is 2.93. The second-order valence-corrected chi connectivity index (χ2v) is 6.79. The molecule has 0 atom stereocenters. The van der Waals surface area contributed by atoms with Gasteiger partial charge in [0.25, 0.3) is 0 Å². The van der Waals surface area contributed by atoms with Crippen LogP contribution in [0.1, 0.15) is 16.7 Å². The molecule has 0 saturated carbocycles. The van der Waals surface area contributed by atoms with E-state index in [1.807, 2.05) is 78.9 Å². The molecule has 7 nitrogen and oxygen atoms in total. The van der Waals surface area contributed by atoms with Crippen molar-refractivity contribution in [3.8, 4) is 11.4 Å². The first-order chi connectivity index (χ1) is 14.8. The molecule has 0 bridgehead atoms. The Morgan fingerprint density at radius 1 is 0.867 bits per heavy atom. The van der Waals surface area contributed by atoms with Crippen LogP contribution in [0.5, 0.6) is 5.75 Å². The lowest BCUT2D eigenvalue weighted by molar-refractivity contribution is -0.120. The number of tetrazole rings is 1. The van der Waals surface area contributed by atoms with Gasteiger partial charge in [0.15, 0.2) is 0 Å². The van der Waals surface area contributed by atoms with Gasteiger partial charge in [0.05, 0.1) is 12.1 Å². The van der Waals surface area contributed by atoms with E-state index in [0.717, 1.165) is 28.1 Å². The van der Waals surface area contributed by atoms with E-state index in [1.54, 1.807) is 4.68 Å². The van der Waals surface area contributed by atoms with Crippen molar-refractivity contribution in [2.24, 2.45) is 0 Å². The van der Waals surface area contributed by atoms with E-state index in [-0.39, 0.29) is 5.91 Å². The highest BCUT2D eigenvalue weighted by molar-refractivity contribution is 5.78. The third kappa shape index (κ3) is 5.29. The van der Waals surface area contributed by atoms with Gasteiger partial charge in [0.1, 0.15) is 18.7 Å². The van der Waals surface area contributed by atoms with Crippen molar-refractivity contribution in [2.75, 3.05) is 0 Å². The van der Waals surface area contributed by atoms with Gasteiger partial charge in [-0.05, 0) is 51.4 Å². The predicted octanol–water partition coefficient (Wildman–Crippen LogP) is 3.10. The molecule has 3 aromatic carbocycles. The number of carbonyl (C=O) groups excluding carboxylic acids is 1. The summed E-state index contributed by atoms with van der Waals surface area (Å²) in [6.07, 6.45) is 1.85. The molecule has 0 unspecified atom stereocenters. The molecule has 150 valence electrons. The van der Waals surface area contributed by atoms with Gasteiger partial charge < -0.3 is 10.1 Å². The zero-order chi connectivity index (χ0) is 20.6. The Balaban J connectivity index is 1.23. The summed E-state index contributed by atoms with van der Waals surface area (Å²) in [5.41, 5.74) is 3.90. The zero-order valence-electron chi connectivity index (χ0n) is 16.3. The van der Waals surface area contributed by atoms with Gasteiger partial charge in [-0.15, -0.1) is 5.10 Å². The number of carbonyl (C=O) groups is 1. The van der Waals surface area contributed by atoms with E-state index >= 15 is 0 Å². The van der Waals surface area contributed by atoms with Crippen LogP contribution in [0.3, 0.4) is 0 Å². The summed E-state index contributed by atoms with van der Waals surface area (Å²) in [4.78, 5) is 12.3. The summed E-state index contributed by atoms with van der Waals surface area (Å²) in [5, 5.41) is 14.0. The van der Waals surface area contributed by atoms with Gasteiger partial charge in [-0.1, -0.05) is 54.6 Å². The SMILES string of the molecule is O=C(Cc1ccc(-n2cnnn2)cc1)NCc1ccc(COc2ccccc2)cc1. The quantitative estimate of drug-likeness (QED) is 0.492. The minimum absolute atomic E-state index is 0.0262. The van der Waals surface area contributed by atoms with E-state index in [1.165, 1.54) is 6.33 Å². The maximum Gasteiger partial charge on any atom is 0.224 e. The number of amides is 1. The summed E-state index contributed by atoms with van der Waals surface area (Å²) in [5.74, 6) is 0.821. The van der Waals surface area contributed by atoms with Gasteiger partial charge in [0.2, 0.25) is 5.91 Å². The third-order valence-corrected chi connectivity index (χ3v) is 4.58. The van der Waals surface area contributed by atoms with Gasteiger partial charge in [-0.25, -0.2) is 4.68 Å². The van der Waals surface area contributed by atoms with Crippen molar-refractivity contribution < 1.29 is 9.53 Å². The average molecular weight is 399 g/mol. The number of nitrogens with zero attached hydrogens (tertiary/aromatic N) is 4. The molecule has 1 heterocycles. The van der Waals surface area contributed by atoms with Gasteiger partial charge in [0, 0.05) is 6.54 Å². The first kappa shape index (κ1) is 19.3. The number of para-hydroxylation sites is 1. The first-order valence-corrected chi connectivity index (χ1v) is 9.61. The number of benzene rings is 3. The van der Waals surface area contributed by atoms with E-state index in [2.05, 4.69) is 20.8 Å². The summed E-state index contributed by atoms with van der Waals surface area (Å²) in [6, 6.07) is 25.3. The summed E-state index contributed by atoms with van der Waals surface area (Å²) >= 11 is 0. The highest BCUT2D eigenvalue weighted by atomic mass is 16.5. The minimum Gasteiger partial charge on any atom is -0.489 e. The highest BCUT2D eigenvalue weighted by Gasteiger charge is 2.05. The molecule has 1 amide bonds. The van der Waals surface area contributed by atoms with Crippen molar-refractivity contribution in [1.29, 1.82) is 0 Å². The van der Waals surface area contributed by atoms with Crippen molar-refractivity contribution in [1.82, 2.24) is 25.5 Å². The van der Waals surface area contributed by atoms with E-state index in [0.29, 0.717) is 19.6 Å². The summed E-state index contributed by atoms with van der Waals surface area (Å²) in [6.45, 7) is 0.999. The minimum atomic E-state index is -0.0262. The topological polar surface area (TPSA) is 81.9 Å². The van der Waals surface area contributed by atoms with E-state index < -0.39 is 0 Å². The molecule has 0 radical (unpaired) electrons. The van der Waals surface area contributed by atoms with E-state index in [9.17, 15) is 4.79 Å². The molecule has 0 aliphatic carbocycles. The molecule has 4 aromatic rings. The van der Waals surface area contributed by atoms with Crippen molar-refractivity contribution in [2.45, 2.75) is 19.6 Å². The van der Waals surface area contributed by atoms with Crippen LogP contribution in [0.25, 0.3) is 5.69 Å². The lowest BCUT2D eigenvalue weighted by Gasteiger charge is -2.08. The molecule has 0 aliphatic heterocycles. The van der Waals surface area contributed by atoms with Crippen molar-refractivity contribution in [3.05, 3.63) is 102 Å². The Morgan fingerprint density at radius 2 is 1.57 bits per heavy atom. The second kappa shape index (κ2) is 9.47. The lowest BCUT2D eigenvalue weighted by atomic mass is 10.1. The van der Waals surface area contributed by atoms with Crippen LogP contribution in [-0.4, -0.2) is 26.1 Å². The Labute approximate surface area is 174 Å². The average Bonchev–Trinajstić information content (AvgIpc) is 3.33.